The van der Waals surface area contributed by atoms with Crippen molar-refractivity contribution in [2.24, 2.45) is 0 Å². The van der Waals surface area contributed by atoms with Crippen LogP contribution < -0.4 is 5.32 Å². The Hall–Kier alpha value is -2.62. The molecule has 0 spiro atoms. The Labute approximate surface area is 220 Å². The summed E-state index contributed by atoms with van der Waals surface area (Å²) in [5.74, 6) is 0.181. The van der Waals surface area contributed by atoms with Crippen molar-refractivity contribution in [2.75, 3.05) is 46.6 Å². The predicted molar refractivity (Wildman–Crippen MR) is 140 cm³/mol. The number of benzene rings is 2. The molecule has 2 heterocycles. The fourth-order valence-electron chi connectivity index (χ4n) is 4.41. The van der Waals surface area contributed by atoms with Gasteiger partial charge in [-0.2, -0.15) is 5.10 Å². The van der Waals surface area contributed by atoms with Gasteiger partial charge in [-0.1, -0.05) is 47.5 Å². The van der Waals surface area contributed by atoms with Crippen molar-refractivity contribution in [2.45, 2.75) is 19.0 Å². The average molecular weight is 533 g/mol. The lowest BCUT2D eigenvalue weighted by molar-refractivity contribution is 0.0451. The average Bonchev–Trinajstić information content (AvgIpc) is 3.32. The Morgan fingerprint density at radius 3 is 2.75 bits per heavy atom. The molecule has 10 heteroatoms. The van der Waals surface area contributed by atoms with E-state index in [9.17, 15) is 4.79 Å². The van der Waals surface area contributed by atoms with Crippen LogP contribution in [0.5, 0.6) is 0 Å². The molecular weight excluding hydrogens is 503 g/mol. The van der Waals surface area contributed by atoms with Gasteiger partial charge in [0.15, 0.2) is 0 Å². The number of halogens is 2. The number of rotatable bonds is 11. The van der Waals surface area contributed by atoms with Gasteiger partial charge in [-0.25, -0.2) is 4.79 Å². The molecule has 4 rings (SSSR count). The summed E-state index contributed by atoms with van der Waals surface area (Å²) in [6.07, 6.45) is 2.83. The molecule has 8 nitrogen and oxygen atoms in total. The smallest absolute Gasteiger partial charge is 0.404 e. The SMILES string of the molecule is CN1Cc2c(Cl)cc(Cl)cc2[C@H](c2cccc(-c3cnn(CCOCCOCCNC(=O)O)c3)c2)C1. The zero-order chi connectivity index (χ0) is 25.5. The summed E-state index contributed by atoms with van der Waals surface area (Å²) in [6.45, 7) is 4.26. The van der Waals surface area contributed by atoms with Crippen molar-refractivity contribution in [1.29, 1.82) is 0 Å². The van der Waals surface area contributed by atoms with Gasteiger partial charge in [0.25, 0.3) is 0 Å². The topological polar surface area (TPSA) is 88.9 Å². The van der Waals surface area contributed by atoms with Crippen LogP contribution >= 0.6 is 23.2 Å². The number of hydrogen-bond acceptors (Lipinski definition) is 5. The molecule has 0 bridgehead atoms. The number of ether oxygens (including phenoxy) is 2. The van der Waals surface area contributed by atoms with E-state index in [1.807, 2.05) is 29.2 Å². The highest BCUT2D eigenvalue weighted by atomic mass is 35.5. The molecule has 1 aromatic heterocycles. The number of amides is 1. The predicted octanol–water partition coefficient (Wildman–Crippen LogP) is 4.74. The van der Waals surface area contributed by atoms with Crippen LogP contribution in [-0.2, 0) is 22.6 Å². The molecule has 2 aromatic carbocycles. The van der Waals surface area contributed by atoms with Crippen LogP contribution in [0.4, 0.5) is 4.79 Å². The summed E-state index contributed by atoms with van der Waals surface area (Å²) < 4.78 is 12.8. The number of carboxylic acid groups (broad SMARTS) is 1. The van der Waals surface area contributed by atoms with E-state index < -0.39 is 6.09 Å². The summed E-state index contributed by atoms with van der Waals surface area (Å²) in [4.78, 5) is 12.6. The molecule has 3 aromatic rings. The highest BCUT2D eigenvalue weighted by molar-refractivity contribution is 6.35. The van der Waals surface area contributed by atoms with E-state index >= 15 is 0 Å². The van der Waals surface area contributed by atoms with E-state index in [0.717, 1.165) is 34.8 Å². The van der Waals surface area contributed by atoms with Crippen LogP contribution in [0, 0.1) is 0 Å². The van der Waals surface area contributed by atoms with Gasteiger partial charge < -0.3 is 24.8 Å². The Kier molecular flexibility index (Phi) is 9.23. The lowest BCUT2D eigenvalue weighted by atomic mass is 9.84. The largest absolute Gasteiger partial charge is 0.465 e. The molecule has 1 aliphatic heterocycles. The van der Waals surface area contributed by atoms with Crippen molar-refractivity contribution in [1.82, 2.24) is 20.0 Å². The number of hydrogen-bond donors (Lipinski definition) is 2. The first kappa shape index (κ1) is 26.4. The summed E-state index contributed by atoms with van der Waals surface area (Å²) in [6, 6.07) is 12.4. The molecule has 0 saturated carbocycles. The second kappa shape index (κ2) is 12.6. The number of nitrogens with one attached hydrogen (secondary N) is 1. The van der Waals surface area contributed by atoms with Crippen LogP contribution in [0.3, 0.4) is 0 Å². The summed E-state index contributed by atoms with van der Waals surface area (Å²) in [5.41, 5.74) is 5.69. The molecule has 1 aliphatic rings. The highest BCUT2D eigenvalue weighted by Crippen LogP contribution is 2.39. The quantitative estimate of drug-likeness (QED) is 0.347. The molecule has 0 saturated heterocycles. The standard InChI is InChI=1S/C26H30Cl2N4O4/c1-31-16-23(22-12-21(27)13-25(28)24(22)17-31)19-4-2-3-18(11-19)20-14-30-32(15-20)6-8-36-10-9-35-7-5-29-26(33)34/h2-4,11-15,23,29H,5-10,16-17H2,1H3,(H,33,34)/t23-/m0/s1. The van der Waals surface area contributed by atoms with E-state index in [4.69, 9.17) is 37.8 Å². The van der Waals surface area contributed by atoms with Gasteiger partial charge in [-0.15, -0.1) is 0 Å². The van der Waals surface area contributed by atoms with E-state index in [1.54, 1.807) is 0 Å². The molecule has 36 heavy (non-hydrogen) atoms. The van der Waals surface area contributed by atoms with Crippen LogP contribution in [0.2, 0.25) is 10.0 Å². The van der Waals surface area contributed by atoms with Gasteiger partial charge in [0.1, 0.15) is 0 Å². The number of fused-ring (bicyclic) bond motifs is 1. The first-order valence-electron chi connectivity index (χ1n) is 11.8. The van der Waals surface area contributed by atoms with E-state index in [-0.39, 0.29) is 12.5 Å². The van der Waals surface area contributed by atoms with Crippen molar-refractivity contribution in [3.05, 3.63) is 75.5 Å². The highest BCUT2D eigenvalue weighted by Gasteiger charge is 2.27. The lowest BCUT2D eigenvalue weighted by Gasteiger charge is -2.33. The van der Waals surface area contributed by atoms with Crippen molar-refractivity contribution < 1.29 is 19.4 Å². The zero-order valence-electron chi connectivity index (χ0n) is 20.1. The Morgan fingerprint density at radius 2 is 1.94 bits per heavy atom. The molecular formula is C26H30Cl2N4O4. The van der Waals surface area contributed by atoms with E-state index in [2.05, 4.69) is 46.6 Å². The number of nitrogens with zero attached hydrogens (tertiary/aromatic N) is 3. The third-order valence-corrected chi connectivity index (χ3v) is 6.66. The second-order valence-corrected chi connectivity index (χ2v) is 9.62. The summed E-state index contributed by atoms with van der Waals surface area (Å²) in [5, 5.41) is 16.6. The van der Waals surface area contributed by atoms with Gasteiger partial charge in [0.2, 0.25) is 0 Å². The van der Waals surface area contributed by atoms with Crippen LogP contribution in [0.15, 0.2) is 48.8 Å². The van der Waals surface area contributed by atoms with Gasteiger partial charge >= 0.3 is 6.09 Å². The van der Waals surface area contributed by atoms with Gasteiger partial charge in [0.05, 0.1) is 39.2 Å². The molecule has 2 N–H and O–H groups in total. The van der Waals surface area contributed by atoms with Crippen LogP contribution in [0.25, 0.3) is 11.1 Å². The summed E-state index contributed by atoms with van der Waals surface area (Å²) >= 11 is 12.9. The molecule has 0 aliphatic carbocycles. The van der Waals surface area contributed by atoms with E-state index in [1.165, 1.54) is 11.1 Å². The minimum Gasteiger partial charge on any atom is -0.465 e. The molecule has 0 radical (unpaired) electrons. The Morgan fingerprint density at radius 1 is 1.14 bits per heavy atom. The molecule has 1 amide bonds. The molecule has 0 fully saturated rings. The zero-order valence-corrected chi connectivity index (χ0v) is 21.6. The normalized spacial score (nSPS) is 15.6. The molecule has 0 unspecified atom stereocenters. The monoisotopic (exact) mass is 532 g/mol. The minimum atomic E-state index is -1.05. The van der Waals surface area contributed by atoms with Crippen LogP contribution in [-0.4, -0.2) is 72.4 Å². The van der Waals surface area contributed by atoms with Gasteiger partial charge in [0, 0.05) is 47.4 Å². The molecule has 1 atom stereocenters. The maximum atomic E-state index is 10.4. The first-order chi connectivity index (χ1) is 17.4. The lowest BCUT2D eigenvalue weighted by Crippen LogP contribution is -2.31. The van der Waals surface area contributed by atoms with Crippen molar-refractivity contribution >= 4 is 29.3 Å². The third kappa shape index (κ3) is 6.99. The maximum absolute atomic E-state index is 10.4. The first-order valence-corrected chi connectivity index (χ1v) is 12.6. The van der Waals surface area contributed by atoms with Crippen LogP contribution in [0.1, 0.15) is 22.6 Å². The second-order valence-electron chi connectivity index (χ2n) is 8.78. The fourth-order valence-corrected chi connectivity index (χ4v) is 4.98. The van der Waals surface area contributed by atoms with Crippen molar-refractivity contribution in [3.63, 3.8) is 0 Å². The number of likely N-dealkylation sites (N-methyl/N-ethyl adjacent to an activating group) is 1. The summed E-state index contributed by atoms with van der Waals surface area (Å²) in [7, 11) is 2.11. The third-order valence-electron chi connectivity index (χ3n) is 6.11. The Bertz CT molecular complexity index is 1190. The van der Waals surface area contributed by atoms with Gasteiger partial charge in [-0.05, 0) is 41.4 Å². The fraction of sp³-hybridized carbons (Fsp3) is 0.385. The Balaban J connectivity index is 1.34. The number of carbonyl (C=O) groups is 1. The molecule has 192 valence electrons. The minimum absolute atomic E-state index is 0.181. The number of aromatic nitrogens is 2. The van der Waals surface area contributed by atoms with Crippen molar-refractivity contribution in [3.8, 4) is 11.1 Å². The van der Waals surface area contributed by atoms with Gasteiger partial charge in [-0.3, -0.25) is 4.68 Å². The maximum Gasteiger partial charge on any atom is 0.404 e. The van der Waals surface area contributed by atoms with E-state index in [0.29, 0.717) is 38.0 Å².